The van der Waals surface area contributed by atoms with Gasteiger partial charge in [-0.15, -0.1) is 0 Å². The van der Waals surface area contributed by atoms with Crippen molar-refractivity contribution < 1.29 is 110 Å². The van der Waals surface area contributed by atoms with Crippen molar-refractivity contribution in [3.05, 3.63) is 0 Å². The topological polar surface area (TPSA) is 40.1 Å². The summed E-state index contributed by atoms with van der Waals surface area (Å²) in [4.78, 5) is 9.88. The van der Waals surface area contributed by atoms with Crippen LogP contribution in [-0.4, -0.2) is 30.4 Å². The molecule has 0 fully saturated rings. The molecule has 0 bridgehead atoms. The average Bonchev–Trinajstić information content (AvgIpc) is 1.92. The second-order valence-corrected chi connectivity index (χ2v) is 3.11. The molecule has 14 heteroatoms. The van der Waals surface area contributed by atoms with Crippen molar-refractivity contribution in [1.29, 1.82) is 0 Å². The monoisotopic (exact) mass is 352 g/mol. The molecule has 0 spiro atoms. The van der Waals surface area contributed by atoms with Gasteiger partial charge in [0.1, 0.15) is 0 Å². The van der Waals surface area contributed by atoms with Crippen LogP contribution in [0, 0.1) is 5.41 Å². The third kappa shape index (κ3) is 3.07. The Balaban J connectivity index is 0. The maximum Gasteiger partial charge on any atom is 1.00 e. The van der Waals surface area contributed by atoms with E-state index < -0.39 is 35.8 Å². The molecule has 0 rings (SSSR count). The second kappa shape index (κ2) is 5.85. The first-order chi connectivity index (χ1) is 7.94. The van der Waals surface area contributed by atoms with Crippen LogP contribution in [0.25, 0.3) is 0 Å². The quantitative estimate of drug-likeness (QED) is 0.475. The van der Waals surface area contributed by atoms with E-state index in [4.69, 9.17) is 0 Å². The average molecular weight is 352 g/mol. The van der Waals surface area contributed by atoms with Crippen molar-refractivity contribution in [3.8, 4) is 0 Å². The number of rotatable bonds is 2. The Bertz CT molecular complexity index is 351. The molecule has 114 valence electrons. The van der Waals surface area contributed by atoms with E-state index in [-0.39, 0.29) is 51.4 Å². The minimum atomic E-state index is -7.67. The summed E-state index contributed by atoms with van der Waals surface area (Å²) < 4.78 is 132. The molecule has 0 heterocycles. The van der Waals surface area contributed by atoms with E-state index >= 15 is 0 Å². The number of alkyl halides is 11. The summed E-state index contributed by atoms with van der Waals surface area (Å²) in [7, 11) is 0. The number of aliphatic carboxylic acids is 1. The number of hydrogen-bond acceptors (Lipinski definition) is 2. The van der Waals surface area contributed by atoms with Crippen molar-refractivity contribution in [3.63, 3.8) is 0 Å². The van der Waals surface area contributed by atoms with Gasteiger partial charge in [-0.05, 0) is 0 Å². The summed E-state index contributed by atoms with van der Waals surface area (Å²) in [5.74, 6) is -12.3. The minimum Gasteiger partial charge on any atom is -0.549 e. The number of carboxylic acids is 1. The third-order valence-electron chi connectivity index (χ3n) is 1.98. The van der Waals surface area contributed by atoms with Crippen LogP contribution >= 0.6 is 0 Å². The molecule has 0 amide bonds. The molecule has 0 aromatic carbocycles. The van der Waals surface area contributed by atoms with E-state index in [0.717, 1.165) is 0 Å². The molecule has 0 aromatic heterocycles. The second-order valence-electron chi connectivity index (χ2n) is 3.11. The summed E-state index contributed by atoms with van der Waals surface area (Å²) in [6.45, 7) is 0. The normalized spacial score (nSPS) is 14.8. The molecule has 0 saturated carbocycles. The van der Waals surface area contributed by atoms with Crippen LogP contribution in [0.3, 0.4) is 0 Å². The summed E-state index contributed by atoms with van der Waals surface area (Å²) in [6, 6.07) is 0. The summed E-state index contributed by atoms with van der Waals surface area (Å²) in [5, 5.41) is 9.88. The van der Waals surface area contributed by atoms with Gasteiger partial charge in [-0.1, -0.05) is 0 Å². The maximum absolute atomic E-state index is 12.5. The molecule has 0 unspecified atom stereocenters. The number of halogens is 11. The summed E-state index contributed by atoms with van der Waals surface area (Å²) in [6.07, 6.45) is -22.4. The van der Waals surface area contributed by atoms with Crippen molar-refractivity contribution in [2.24, 2.45) is 5.41 Å². The molecule has 0 aromatic rings. The predicted molar refractivity (Wildman–Crippen MR) is 30.6 cm³/mol. The number of carboxylic acid groups (broad SMARTS) is 1. The zero-order valence-electron chi connectivity index (χ0n) is 8.97. The zero-order valence-corrected chi connectivity index (χ0v) is 12.1. The molecule has 0 aliphatic carbocycles. The van der Waals surface area contributed by atoms with Gasteiger partial charge in [0, 0.05) is 0 Å². The van der Waals surface area contributed by atoms with E-state index in [1.54, 1.807) is 0 Å². The van der Waals surface area contributed by atoms with Crippen molar-refractivity contribution >= 4 is 5.97 Å². The Morgan fingerprint density at radius 3 is 0.950 bits per heavy atom. The van der Waals surface area contributed by atoms with Gasteiger partial charge in [0.25, 0.3) is 5.41 Å². The fourth-order valence-corrected chi connectivity index (χ4v) is 1.09. The van der Waals surface area contributed by atoms with Crippen LogP contribution in [0.4, 0.5) is 48.3 Å². The van der Waals surface area contributed by atoms with Crippen molar-refractivity contribution in [2.75, 3.05) is 0 Å². The molecule has 2 nitrogen and oxygen atoms in total. The van der Waals surface area contributed by atoms with Gasteiger partial charge in [-0.25, -0.2) is 0 Å². The molecular formula is C6F11KO2. The van der Waals surface area contributed by atoms with E-state index in [2.05, 4.69) is 0 Å². The van der Waals surface area contributed by atoms with Crippen molar-refractivity contribution in [2.45, 2.75) is 24.5 Å². The molecule has 0 atom stereocenters. The Morgan fingerprint density at radius 2 is 0.900 bits per heavy atom. The van der Waals surface area contributed by atoms with Gasteiger partial charge in [0.15, 0.2) is 0 Å². The van der Waals surface area contributed by atoms with Gasteiger partial charge in [0.05, 0.1) is 5.97 Å². The van der Waals surface area contributed by atoms with Gasteiger partial charge in [-0.2, -0.15) is 48.3 Å². The Kier molecular flexibility index (Phi) is 6.62. The standard InChI is InChI=1S/C6HF11O2.K/c7-3(8,6(15,16)17)2(1(18)19,4(9,10)11)5(12,13)14;/h(H,18,19);/q;+1/p-1. The maximum atomic E-state index is 12.5. The van der Waals surface area contributed by atoms with E-state index in [0.29, 0.717) is 0 Å². The van der Waals surface area contributed by atoms with Gasteiger partial charge < -0.3 is 9.90 Å². The molecule has 0 aliphatic heterocycles. The largest absolute Gasteiger partial charge is 1.00 e. The van der Waals surface area contributed by atoms with Crippen LogP contribution in [0.5, 0.6) is 0 Å². The number of hydrogen-bond donors (Lipinski definition) is 0. The van der Waals surface area contributed by atoms with Crippen molar-refractivity contribution in [1.82, 2.24) is 0 Å². The Labute approximate surface area is 144 Å². The first kappa shape index (κ1) is 22.6. The fraction of sp³-hybridized carbons (Fsp3) is 0.833. The van der Waals surface area contributed by atoms with Crippen LogP contribution in [0.2, 0.25) is 0 Å². The predicted octanol–water partition coefficient (Wildman–Crippen LogP) is -0.951. The smallest absolute Gasteiger partial charge is 0.549 e. The van der Waals surface area contributed by atoms with E-state index in [1.165, 1.54) is 0 Å². The van der Waals surface area contributed by atoms with Gasteiger partial charge in [0.2, 0.25) is 0 Å². The number of carbonyl (C=O) groups is 1. The molecule has 0 radical (unpaired) electrons. The van der Waals surface area contributed by atoms with Crippen LogP contribution in [0.1, 0.15) is 0 Å². The Morgan fingerprint density at radius 1 is 0.650 bits per heavy atom. The summed E-state index contributed by atoms with van der Waals surface area (Å²) >= 11 is 0. The first-order valence-electron chi connectivity index (χ1n) is 3.74. The minimum absolute atomic E-state index is 0. The molecule has 20 heavy (non-hydrogen) atoms. The summed E-state index contributed by atoms with van der Waals surface area (Å²) in [5.41, 5.74) is -7.40. The molecule has 0 aliphatic rings. The van der Waals surface area contributed by atoms with Gasteiger partial charge >= 0.3 is 75.8 Å². The van der Waals surface area contributed by atoms with Gasteiger partial charge in [-0.3, -0.25) is 0 Å². The fourth-order valence-electron chi connectivity index (χ4n) is 1.09. The molecular weight excluding hydrogens is 352 g/mol. The number of carbonyl (C=O) groups excluding carboxylic acids is 1. The first-order valence-corrected chi connectivity index (χ1v) is 3.74. The van der Waals surface area contributed by atoms with E-state index in [9.17, 15) is 58.2 Å². The molecule has 0 N–H and O–H groups in total. The van der Waals surface area contributed by atoms with Crippen LogP contribution in [0.15, 0.2) is 0 Å². The SMILES string of the molecule is O=C([O-])C(C(F)(F)F)(C(F)(F)F)C(F)(F)C(F)(F)F.[K+]. The zero-order chi connectivity index (χ0) is 16.1. The van der Waals surface area contributed by atoms with Crippen LogP contribution in [-0.2, 0) is 4.79 Å². The molecule has 0 saturated heterocycles. The Hall–Kier alpha value is 0.336. The van der Waals surface area contributed by atoms with E-state index in [1.807, 2.05) is 0 Å². The third-order valence-corrected chi connectivity index (χ3v) is 1.98. The van der Waals surface area contributed by atoms with Crippen LogP contribution < -0.4 is 56.5 Å².